The Morgan fingerprint density at radius 1 is 1.42 bits per heavy atom. The maximum atomic E-state index is 5.70. The van der Waals surface area contributed by atoms with Gasteiger partial charge in [-0.3, -0.25) is 0 Å². The second kappa shape index (κ2) is 5.57. The van der Waals surface area contributed by atoms with Gasteiger partial charge in [0.1, 0.15) is 12.7 Å². The Kier molecular flexibility index (Phi) is 3.85. The highest BCUT2D eigenvalue weighted by Crippen LogP contribution is 2.12. The van der Waals surface area contributed by atoms with E-state index in [9.17, 15) is 0 Å². The summed E-state index contributed by atoms with van der Waals surface area (Å²) in [4.78, 5) is 18.1. The Morgan fingerprint density at radius 3 is 2.84 bits per heavy atom. The van der Waals surface area contributed by atoms with Crippen molar-refractivity contribution in [2.24, 2.45) is 0 Å². The first-order valence-electron chi connectivity index (χ1n) is 5.70. The molecule has 0 saturated heterocycles. The monoisotopic (exact) mass is 264 g/mol. The van der Waals surface area contributed by atoms with Crippen LogP contribution in [0, 0.1) is 0 Å². The third-order valence-electron chi connectivity index (χ3n) is 2.64. The standard InChI is InChI=1S/C10H16N8O/c1-7(4-19-3)17(2)9-14-8(11)15-10(16-9)18-6-12-5-13-18/h5-7H,4H2,1-3H3,(H2,11,14,15,16). The van der Waals surface area contributed by atoms with Gasteiger partial charge in [0.25, 0.3) is 5.95 Å². The van der Waals surface area contributed by atoms with Crippen LogP contribution in [-0.2, 0) is 4.74 Å². The summed E-state index contributed by atoms with van der Waals surface area (Å²) in [7, 11) is 3.51. The molecular formula is C10H16N8O. The molecule has 2 aromatic heterocycles. The molecule has 0 aliphatic rings. The fourth-order valence-corrected chi connectivity index (χ4v) is 1.49. The van der Waals surface area contributed by atoms with Gasteiger partial charge in [-0.1, -0.05) is 0 Å². The third-order valence-corrected chi connectivity index (χ3v) is 2.64. The van der Waals surface area contributed by atoms with E-state index in [1.807, 2.05) is 18.9 Å². The predicted molar refractivity (Wildman–Crippen MR) is 68.9 cm³/mol. The third kappa shape index (κ3) is 2.94. The molecule has 2 aromatic rings. The lowest BCUT2D eigenvalue weighted by atomic mass is 10.3. The lowest BCUT2D eigenvalue weighted by molar-refractivity contribution is 0.183. The number of nitrogens with zero attached hydrogens (tertiary/aromatic N) is 7. The fourth-order valence-electron chi connectivity index (χ4n) is 1.49. The molecule has 9 nitrogen and oxygen atoms in total. The Bertz CT molecular complexity index is 528. The van der Waals surface area contributed by atoms with Gasteiger partial charge in [-0.15, -0.1) is 0 Å². The smallest absolute Gasteiger partial charge is 0.258 e. The average Bonchev–Trinajstić information content (AvgIpc) is 2.91. The molecular weight excluding hydrogens is 248 g/mol. The minimum absolute atomic E-state index is 0.107. The predicted octanol–water partition coefficient (Wildman–Crippen LogP) is -0.494. The fraction of sp³-hybridized carbons (Fsp3) is 0.500. The number of hydrogen-bond acceptors (Lipinski definition) is 8. The number of likely N-dealkylation sites (N-methyl/N-ethyl adjacent to an activating group) is 1. The number of nitrogen functional groups attached to an aromatic ring is 1. The molecule has 2 heterocycles. The van der Waals surface area contributed by atoms with Crippen molar-refractivity contribution in [3.8, 4) is 5.95 Å². The molecule has 0 spiro atoms. The van der Waals surface area contributed by atoms with Crippen LogP contribution in [0.1, 0.15) is 6.92 Å². The Labute approximate surface area is 110 Å². The van der Waals surface area contributed by atoms with Crippen LogP contribution < -0.4 is 10.6 Å². The zero-order valence-corrected chi connectivity index (χ0v) is 11.1. The summed E-state index contributed by atoms with van der Waals surface area (Å²) >= 11 is 0. The summed E-state index contributed by atoms with van der Waals surface area (Å²) in [5, 5.41) is 3.96. The van der Waals surface area contributed by atoms with Gasteiger partial charge in [-0.05, 0) is 6.92 Å². The van der Waals surface area contributed by atoms with Crippen molar-refractivity contribution in [2.75, 3.05) is 31.4 Å². The van der Waals surface area contributed by atoms with E-state index in [4.69, 9.17) is 10.5 Å². The van der Waals surface area contributed by atoms with Crippen molar-refractivity contribution in [2.45, 2.75) is 13.0 Å². The summed E-state index contributed by atoms with van der Waals surface area (Å²) in [5.41, 5.74) is 5.70. The van der Waals surface area contributed by atoms with E-state index in [2.05, 4.69) is 25.0 Å². The number of nitrogens with two attached hydrogens (primary N) is 1. The first kappa shape index (κ1) is 13.1. The Hall–Kier alpha value is -2.29. The van der Waals surface area contributed by atoms with Crippen LogP contribution in [-0.4, -0.2) is 56.5 Å². The molecule has 0 saturated carbocycles. The van der Waals surface area contributed by atoms with E-state index >= 15 is 0 Å². The molecule has 0 fully saturated rings. The van der Waals surface area contributed by atoms with Crippen LogP contribution in [0.25, 0.3) is 5.95 Å². The van der Waals surface area contributed by atoms with Crippen molar-refractivity contribution >= 4 is 11.9 Å². The van der Waals surface area contributed by atoms with E-state index < -0.39 is 0 Å². The first-order chi connectivity index (χ1) is 9.11. The molecule has 1 unspecified atom stereocenters. The zero-order valence-electron chi connectivity index (χ0n) is 11.1. The van der Waals surface area contributed by atoms with Gasteiger partial charge in [0.2, 0.25) is 11.9 Å². The average molecular weight is 264 g/mol. The Balaban J connectivity index is 2.31. The van der Waals surface area contributed by atoms with E-state index in [1.54, 1.807) is 7.11 Å². The van der Waals surface area contributed by atoms with Crippen LogP contribution in [0.4, 0.5) is 11.9 Å². The van der Waals surface area contributed by atoms with Crippen molar-refractivity contribution < 1.29 is 4.74 Å². The summed E-state index contributed by atoms with van der Waals surface area (Å²) < 4.78 is 6.53. The van der Waals surface area contributed by atoms with Gasteiger partial charge in [0, 0.05) is 14.2 Å². The van der Waals surface area contributed by atoms with E-state index in [0.717, 1.165) is 0 Å². The van der Waals surface area contributed by atoms with Gasteiger partial charge in [0.15, 0.2) is 0 Å². The lowest BCUT2D eigenvalue weighted by Crippen LogP contribution is -2.34. The van der Waals surface area contributed by atoms with E-state index in [0.29, 0.717) is 18.5 Å². The van der Waals surface area contributed by atoms with Crippen molar-refractivity contribution in [1.29, 1.82) is 0 Å². The van der Waals surface area contributed by atoms with Gasteiger partial charge < -0.3 is 15.4 Å². The highest BCUT2D eigenvalue weighted by molar-refractivity contribution is 5.37. The SMILES string of the molecule is COCC(C)N(C)c1nc(N)nc(-n2cncn2)n1. The van der Waals surface area contributed by atoms with Crippen molar-refractivity contribution in [3.05, 3.63) is 12.7 Å². The van der Waals surface area contributed by atoms with E-state index in [-0.39, 0.29) is 12.0 Å². The second-order valence-corrected chi connectivity index (χ2v) is 4.05. The minimum Gasteiger partial charge on any atom is -0.383 e. The van der Waals surface area contributed by atoms with Gasteiger partial charge in [0.05, 0.1) is 12.6 Å². The molecule has 0 aromatic carbocycles. The number of aromatic nitrogens is 6. The molecule has 2 N–H and O–H groups in total. The number of anilines is 2. The van der Waals surface area contributed by atoms with Gasteiger partial charge in [-0.25, -0.2) is 4.98 Å². The number of ether oxygens (including phenoxy) is 1. The van der Waals surface area contributed by atoms with Crippen molar-refractivity contribution in [3.63, 3.8) is 0 Å². The van der Waals surface area contributed by atoms with Crippen LogP contribution in [0.5, 0.6) is 0 Å². The molecule has 2 rings (SSSR count). The number of methoxy groups -OCH3 is 1. The molecule has 0 radical (unpaired) electrons. The van der Waals surface area contributed by atoms with Gasteiger partial charge >= 0.3 is 0 Å². The maximum Gasteiger partial charge on any atom is 0.258 e. The second-order valence-electron chi connectivity index (χ2n) is 4.05. The van der Waals surface area contributed by atoms with Crippen molar-refractivity contribution in [1.82, 2.24) is 29.7 Å². The summed E-state index contributed by atoms with van der Waals surface area (Å²) in [5.74, 6) is 0.922. The molecule has 0 amide bonds. The first-order valence-corrected chi connectivity index (χ1v) is 5.70. The van der Waals surface area contributed by atoms with Crippen LogP contribution >= 0.6 is 0 Å². The summed E-state index contributed by atoms with van der Waals surface area (Å²) in [6.45, 7) is 2.55. The number of hydrogen-bond donors (Lipinski definition) is 1. The van der Waals surface area contributed by atoms with Crippen LogP contribution in [0.15, 0.2) is 12.7 Å². The topological polar surface area (TPSA) is 108 Å². The van der Waals surface area contributed by atoms with Gasteiger partial charge in [-0.2, -0.15) is 24.7 Å². The minimum atomic E-state index is 0.107. The highest BCUT2D eigenvalue weighted by Gasteiger charge is 2.15. The molecule has 102 valence electrons. The highest BCUT2D eigenvalue weighted by atomic mass is 16.5. The molecule has 9 heteroatoms. The molecule has 0 bridgehead atoms. The summed E-state index contributed by atoms with van der Waals surface area (Å²) in [6.07, 6.45) is 2.90. The van der Waals surface area contributed by atoms with Crippen LogP contribution in [0.2, 0.25) is 0 Å². The molecule has 0 aliphatic heterocycles. The molecule has 0 aliphatic carbocycles. The molecule has 1 atom stereocenters. The maximum absolute atomic E-state index is 5.70. The van der Waals surface area contributed by atoms with Crippen LogP contribution in [0.3, 0.4) is 0 Å². The molecule has 19 heavy (non-hydrogen) atoms. The number of rotatable bonds is 5. The largest absolute Gasteiger partial charge is 0.383 e. The lowest BCUT2D eigenvalue weighted by Gasteiger charge is -2.24. The quantitative estimate of drug-likeness (QED) is 0.770. The van der Waals surface area contributed by atoms with E-state index in [1.165, 1.54) is 17.3 Å². The zero-order chi connectivity index (χ0) is 13.8. The summed E-state index contributed by atoms with van der Waals surface area (Å²) in [6, 6.07) is 0.107. The normalized spacial score (nSPS) is 12.4. The Morgan fingerprint density at radius 2 is 2.21 bits per heavy atom.